The number of hydrogen-bond donors (Lipinski definition) is 0. The molecule has 0 spiro atoms. The highest BCUT2D eigenvalue weighted by Gasteiger charge is 2.26. The molecule has 1 aliphatic heterocycles. The number of piperazine rings is 1. The van der Waals surface area contributed by atoms with Gasteiger partial charge in [-0.2, -0.15) is 0 Å². The van der Waals surface area contributed by atoms with Crippen LogP contribution in [0.2, 0.25) is 5.02 Å². The molecule has 8 heteroatoms. The molecule has 0 N–H and O–H groups in total. The molecule has 2 rings (SSSR count). The van der Waals surface area contributed by atoms with Crippen molar-refractivity contribution < 1.29 is 18.0 Å². The predicted molar refractivity (Wildman–Crippen MR) is 91.9 cm³/mol. The van der Waals surface area contributed by atoms with Gasteiger partial charge in [-0.25, -0.2) is 8.42 Å². The molecular weight excluding hydrogens is 352 g/mol. The number of carbonyl (C=O) groups is 2. The Balaban J connectivity index is 2.13. The number of rotatable bonds is 3. The summed E-state index contributed by atoms with van der Waals surface area (Å²) in [6, 6.07) is 4.25. The van der Waals surface area contributed by atoms with Gasteiger partial charge in [-0.15, -0.1) is 0 Å². The molecule has 0 bridgehead atoms. The van der Waals surface area contributed by atoms with E-state index in [1.165, 1.54) is 18.2 Å². The van der Waals surface area contributed by atoms with Crippen molar-refractivity contribution in [3.63, 3.8) is 0 Å². The minimum Gasteiger partial charge on any atom is -0.339 e. The zero-order valence-electron chi connectivity index (χ0n) is 14.0. The highest BCUT2D eigenvalue weighted by molar-refractivity contribution is 7.90. The van der Waals surface area contributed by atoms with Crippen LogP contribution in [0.1, 0.15) is 24.2 Å². The maximum absolute atomic E-state index is 12.6. The van der Waals surface area contributed by atoms with Crippen LogP contribution in [0.5, 0.6) is 0 Å². The molecule has 1 heterocycles. The summed E-state index contributed by atoms with van der Waals surface area (Å²) < 4.78 is 23.5. The Bertz CT molecular complexity index is 753. The first-order valence-electron chi connectivity index (χ1n) is 7.69. The van der Waals surface area contributed by atoms with E-state index in [0.29, 0.717) is 26.2 Å². The van der Waals surface area contributed by atoms with E-state index in [0.717, 1.165) is 6.26 Å². The first-order chi connectivity index (χ1) is 11.1. The average Bonchev–Trinajstić information content (AvgIpc) is 2.53. The van der Waals surface area contributed by atoms with E-state index in [9.17, 15) is 18.0 Å². The van der Waals surface area contributed by atoms with Crippen molar-refractivity contribution in [3.8, 4) is 0 Å². The molecule has 1 aliphatic rings. The minimum atomic E-state index is -3.51. The summed E-state index contributed by atoms with van der Waals surface area (Å²) in [5, 5.41) is 0.0985. The van der Waals surface area contributed by atoms with E-state index in [-0.39, 0.29) is 33.2 Å². The number of sulfone groups is 1. The van der Waals surface area contributed by atoms with Crippen molar-refractivity contribution in [1.82, 2.24) is 9.80 Å². The van der Waals surface area contributed by atoms with E-state index in [1.54, 1.807) is 9.80 Å². The Labute approximate surface area is 147 Å². The van der Waals surface area contributed by atoms with Gasteiger partial charge < -0.3 is 9.80 Å². The normalized spacial score (nSPS) is 15.7. The second kappa shape index (κ2) is 7.11. The van der Waals surface area contributed by atoms with Gasteiger partial charge in [-0.1, -0.05) is 25.4 Å². The molecule has 0 atom stereocenters. The Hall–Kier alpha value is -1.60. The summed E-state index contributed by atoms with van der Waals surface area (Å²) in [6.45, 7) is 5.51. The third kappa shape index (κ3) is 4.08. The molecule has 1 fully saturated rings. The molecule has 6 nitrogen and oxygen atoms in total. The maximum atomic E-state index is 12.6. The Morgan fingerprint density at radius 2 is 1.62 bits per heavy atom. The molecule has 0 aromatic heterocycles. The van der Waals surface area contributed by atoms with Gasteiger partial charge in [0, 0.05) is 43.9 Å². The van der Waals surface area contributed by atoms with Crippen LogP contribution >= 0.6 is 11.6 Å². The fourth-order valence-corrected chi connectivity index (χ4v) is 3.90. The second-order valence-electron chi connectivity index (χ2n) is 6.19. The van der Waals surface area contributed by atoms with E-state index in [4.69, 9.17) is 11.6 Å². The van der Waals surface area contributed by atoms with Gasteiger partial charge in [0.2, 0.25) is 5.91 Å². The molecule has 0 unspecified atom stereocenters. The summed E-state index contributed by atoms with van der Waals surface area (Å²) in [5.41, 5.74) is 0.281. The van der Waals surface area contributed by atoms with E-state index in [2.05, 4.69) is 0 Å². The van der Waals surface area contributed by atoms with Gasteiger partial charge in [0.15, 0.2) is 9.84 Å². The fraction of sp³-hybridized carbons (Fsp3) is 0.500. The van der Waals surface area contributed by atoms with Gasteiger partial charge in [0.05, 0.1) is 9.92 Å². The number of hydrogen-bond acceptors (Lipinski definition) is 4. The van der Waals surface area contributed by atoms with Crippen LogP contribution in [-0.2, 0) is 14.6 Å². The molecule has 132 valence electrons. The van der Waals surface area contributed by atoms with Crippen LogP contribution in [0.4, 0.5) is 0 Å². The molecular formula is C16H21ClN2O4S. The summed E-state index contributed by atoms with van der Waals surface area (Å²) in [4.78, 5) is 27.9. The molecule has 24 heavy (non-hydrogen) atoms. The van der Waals surface area contributed by atoms with E-state index in [1.807, 2.05) is 13.8 Å². The number of benzene rings is 1. The summed E-state index contributed by atoms with van der Waals surface area (Å²) in [5.74, 6) is -0.248. The molecule has 2 amide bonds. The Kier molecular flexibility index (Phi) is 5.55. The lowest BCUT2D eigenvalue weighted by Crippen LogP contribution is -2.51. The second-order valence-corrected chi connectivity index (χ2v) is 8.58. The fourth-order valence-electron chi connectivity index (χ4n) is 2.60. The average molecular weight is 373 g/mol. The quantitative estimate of drug-likeness (QED) is 0.809. The zero-order chi connectivity index (χ0) is 18.1. The van der Waals surface area contributed by atoms with E-state index < -0.39 is 9.84 Å². The highest BCUT2D eigenvalue weighted by atomic mass is 35.5. The largest absolute Gasteiger partial charge is 0.339 e. The van der Waals surface area contributed by atoms with Gasteiger partial charge in [-0.05, 0) is 18.2 Å². The van der Waals surface area contributed by atoms with E-state index >= 15 is 0 Å². The number of carbonyl (C=O) groups excluding carboxylic acids is 2. The molecule has 1 aromatic carbocycles. The van der Waals surface area contributed by atoms with Crippen LogP contribution in [-0.4, -0.2) is 62.5 Å². The van der Waals surface area contributed by atoms with Crippen LogP contribution in [0, 0.1) is 5.92 Å². The third-order valence-corrected chi connectivity index (χ3v) is 5.53. The lowest BCUT2D eigenvalue weighted by molar-refractivity contribution is -0.135. The minimum absolute atomic E-state index is 0.0522. The molecule has 0 radical (unpaired) electrons. The molecule has 1 saturated heterocycles. The maximum Gasteiger partial charge on any atom is 0.254 e. The van der Waals surface area contributed by atoms with Crippen molar-refractivity contribution in [2.24, 2.45) is 5.92 Å². The Morgan fingerprint density at radius 1 is 1.08 bits per heavy atom. The van der Waals surface area contributed by atoms with Crippen molar-refractivity contribution >= 4 is 33.3 Å². The van der Waals surface area contributed by atoms with Crippen LogP contribution in [0.25, 0.3) is 0 Å². The monoisotopic (exact) mass is 372 g/mol. The number of halogens is 1. The van der Waals surface area contributed by atoms with Crippen molar-refractivity contribution in [3.05, 3.63) is 28.8 Å². The van der Waals surface area contributed by atoms with Crippen LogP contribution in [0.3, 0.4) is 0 Å². The SMILES string of the molecule is CC(C)C(=O)N1CCN(C(=O)c2ccc(Cl)c(S(C)(=O)=O)c2)CC1. The van der Waals surface area contributed by atoms with Crippen molar-refractivity contribution in [1.29, 1.82) is 0 Å². The van der Waals surface area contributed by atoms with Gasteiger partial charge in [0.1, 0.15) is 0 Å². The summed E-state index contributed by atoms with van der Waals surface area (Å²) in [7, 11) is -3.51. The van der Waals surface area contributed by atoms with Crippen LogP contribution < -0.4 is 0 Å². The van der Waals surface area contributed by atoms with Crippen molar-refractivity contribution in [2.45, 2.75) is 18.7 Å². The predicted octanol–water partition coefficient (Wildman–Crippen LogP) is 1.68. The highest BCUT2D eigenvalue weighted by Crippen LogP contribution is 2.23. The van der Waals surface area contributed by atoms with Gasteiger partial charge in [-0.3, -0.25) is 9.59 Å². The third-order valence-electron chi connectivity index (χ3n) is 3.95. The molecule has 1 aromatic rings. The summed E-state index contributed by atoms with van der Waals surface area (Å²) >= 11 is 5.91. The lowest BCUT2D eigenvalue weighted by Gasteiger charge is -2.35. The number of nitrogens with zero attached hydrogens (tertiary/aromatic N) is 2. The smallest absolute Gasteiger partial charge is 0.254 e. The van der Waals surface area contributed by atoms with Gasteiger partial charge >= 0.3 is 0 Å². The first-order valence-corrected chi connectivity index (χ1v) is 9.96. The zero-order valence-corrected chi connectivity index (χ0v) is 15.5. The molecule has 0 aliphatic carbocycles. The molecule has 0 saturated carbocycles. The lowest BCUT2D eigenvalue weighted by atomic mass is 10.1. The summed E-state index contributed by atoms with van der Waals surface area (Å²) in [6.07, 6.45) is 1.05. The van der Waals surface area contributed by atoms with Crippen molar-refractivity contribution in [2.75, 3.05) is 32.4 Å². The Morgan fingerprint density at radius 3 is 2.12 bits per heavy atom. The number of amides is 2. The first kappa shape index (κ1) is 18.7. The topological polar surface area (TPSA) is 74.8 Å². The van der Waals surface area contributed by atoms with Crippen LogP contribution in [0.15, 0.2) is 23.1 Å². The standard InChI is InChI=1S/C16H21ClN2O4S/c1-11(2)15(20)18-6-8-19(9-7-18)16(21)12-4-5-13(17)14(10-12)24(3,22)23/h4-5,10-11H,6-9H2,1-3H3. The van der Waals surface area contributed by atoms with Gasteiger partial charge in [0.25, 0.3) is 5.91 Å².